The zero-order valence-corrected chi connectivity index (χ0v) is 9.03. The summed E-state index contributed by atoms with van der Waals surface area (Å²) in [6.45, 7) is 0.822. The van der Waals surface area contributed by atoms with E-state index in [1.807, 2.05) is 12.1 Å². The van der Waals surface area contributed by atoms with E-state index in [1.165, 1.54) is 12.1 Å². The third kappa shape index (κ3) is 2.31. The summed E-state index contributed by atoms with van der Waals surface area (Å²) in [6, 6.07) is 10.4. The minimum atomic E-state index is -0.212. The van der Waals surface area contributed by atoms with E-state index in [0.717, 1.165) is 24.3 Å². The van der Waals surface area contributed by atoms with E-state index in [9.17, 15) is 4.39 Å². The fourth-order valence-corrected chi connectivity index (χ4v) is 1.86. The monoisotopic (exact) mass is 220 g/mol. The van der Waals surface area contributed by atoms with Crippen LogP contribution in [0.2, 0.25) is 0 Å². The van der Waals surface area contributed by atoms with Gasteiger partial charge in [0, 0.05) is 12.3 Å². The molecule has 0 aliphatic heterocycles. The quantitative estimate of drug-likeness (QED) is 0.843. The van der Waals surface area contributed by atoms with E-state index in [4.69, 9.17) is 4.42 Å². The van der Waals surface area contributed by atoms with Crippen molar-refractivity contribution < 1.29 is 14.5 Å². The minimum Gasteiger partial charge on any atom is -0.469 e. The molecule has 0 saturated heterocycles. The molecule has 0 aliphatic carbocycles. The Labute approximate surface area is 93.9 Å². The van der Waals surface area contributed by atoms with E-state index in [-0.39, 0.29) is 11.7 Å². The van der Waals surface area contributed by atoms with Gasteiger partial charge in [-0.1, -0.05) is 12.1 Å². The Morgan fingerprint density at radius 1 is 1.19 bits per heavy atom. The van der Waals surface area contributed by atoms with Crippen molar-refractivity contribution in [2.75, 3.05) is 6.54 Å². The van der Waals surface area contributed by atoms with Crippen LogP contribution in [0.4, 0.5) is 4.39 Å². The predicted octanol–water partition coefficient (Wildman–Crippen LogP) is 2.18. The van der Waals surface area contributed by atoms with Gasteiger partial charge >= 0.3 is 0 Å². The van der Waals surface area contributed by atoms with Gasteiger partial charge in [-0.15, -0.1) is 0 Å². The molecule has 0 amide bonds. The molecule has 0 radical (unpaired) electrons. The maximum Gasteiger partial charge on any atom is 0.123 e. The molecule has 2 nitrogen and oxygen atoms in total. The van der Waals surface area contributed by atoms with Crippen molar-refractivity contribution in [3.63, 3.8) is 0 Å². The average Bonchev–Trinajstić information content (AvgIpc) is 2.81. The fourth-order valence-electron chi connectivity index (χ4n) is 1.86. The number of hydrogen-bond acceptors (Lipinski definition) is 1. The average molecular weight is 220 g/mol. The summed E-state index contributed by atoms with van der Waals surface area (Å²) < 4.78 is 18.3. The fraction of sp³-hybridized carbons (Fsp3) is 0.231. The number of quaternary nitrogens is 1. The van der Waals surface area contributed by atoms with Gasteiger partial charge < -0.3 is 10.2 Å². The lowest BCUT2D eigenvalue weighted by Crippen LogP contribution is -2.50. The van der Waals surface area contributed by atoms with Crippen LogP contribution in [0.1, 0.15) is 23.7 Å². The van der Waals surface area contributed by atoms with Crippen molar-refractivity contribution in [3.05, 3.63) is 59.8 Å². The van der Waals surface area contributed by atoms with E-state index in [1.54, 1.807) is 18.4 Å². The Hall–Kier alpha value is -1.61. The SMILES string of the molecule is [NH3+]CC[C@H](c1ccc(F)cc1)c1ccco1. The highest BCUT2D eigenvalue weighted by Crippen LogP contribution is 2.27. The summed E-state index contributed by atoms with van der Waals surface area (Å²) in [5, 5.41) is 0. The Balaban J connectivity index is 2.29. The van der Waals surface area contributed by atoms with E-state index in [0.29, 0.717) is 0 Å². The molecule has 2 rings (SSSR count). The first-order chi connectivity index (χ1) is 7.81. The zero-order chi connectivity index (χ0) is 11.4. The molecule has 0 unspecified atom stereocenters. The highest BCUT2D eigenvalue weighted by atomic mass is 19.1. The van der Waals surface area contributed by atoms with Gasteiger partial charge in [-0.25, -0.2) is 4.39 Å². The molecule has 1 aromatic carbocycles. The third-order valence-electron chi connectivity index (χ3n) is 2.65. The van der Waals surface area contributed by atoms with Crippen molar-refractivity contribution in [1.82, 2.24) is 0 Å². The first-order valence-corrected chi connectivity index (χ1v) is 5.39. The highest BCUT2D eigenvalue weighted by molar-refractivity contribution is 5.27. The van der Waals surface area contributed by atoms with Gasteiger partial charge in [-0.05, 0) is 29.8 Å². The molecule has 2 aromatic rings. The van der Waals surface area contributed by atoms with Crippen molar-refractivity contribution in [2.45, 2.75) is 12.3 Å². The smallest absolute Gasteiger partial charge is 0.123 e. The molecule has 0 spiro atoms. The van der Waals surface area contributed by atoms with Gasteiger partial charge in [0.05, 0.1) is 12.8 Å². The molecule has 0 bridgehead atoms. The Morgan fingerprint density at radius 2 is 1.94 bits per heavy atom. The van der Waals surface area contributed by atoms with Crippen LogP contribution in [0.5, 0.6) is 0 Å². The molecule has 84 valence electrons. The Bertz CT molecular complexity index is 422. The second kappa shape index (κ2) is 4.94. The molecule has 0 saturated carbocycles. The van der Waals surface area contributed by atoms with Crippen LogP contribution in [0.15, 0.2) is 47.1 Å². The molecule has 1 aromatic heterocycles. The maximum atomic E-state index is 12.8. The number of hydrogen-bond donors (Lipinski definition) is 1. The molecule has 0 aliphatic rings. The van der Waals surface area contributed by atoms with Gasteiger partial charge in [-0.3, -0.25) is 0 Å². The minimum absolute atomic E-state index is 0.174. The van der Waals surface area contributed by atoms with Gasteiger partial charge in [0.2, 0.25) is 0 Å². The number of rotatable bonds is 4. The summed E-state index contributed by atoms with van der Waals surface area (Å²) in [4.78, 5) is 0. The second-order valence-corrected chi connectivity index (χ2v) is 3.76. The van der Waals surface area contributed by atoms with Crippen LogP contribution < -0.4 is 5.73 Å². The second-order valence-electron chi connectivity index (χ2n) is 3.76. The van der Waals surface area contributed by atoms with Crippen LogP contribution >= 0.6 is 0 Å². The highest BCUT2D eigenvalue weighted by Gasteiger charge is 2.16. The normalized spacial score (nSPS) is 12.6. The van der Waals surface area contributed by atoms with Crippen molar-refractivity contribution in [2.24, 2.45) is 0 Å². The van der Waals surface area contributed by atoms with Crippen LogP contribution in [0.3, 0.4) is 0 Å². The topological polar surface area (TPSA) is 40.8 Å². The van der Waals surface area contributed by atoms with Crippen LogP contribution in [0, 0.1) is 5.82 Å². The largest absolute Gasteiger partial charge is 0.469 e. The molecular formula is C13H15FNO+. The van der Waals surface area contributed by atoms with Gasteiger partial charge in [0.15, 0.2) is 0 Å². The lowest BCUT2D eigenvalue weighted by atomic mass is 9.93. The van der Waals surface area contributed by atoms with E-state index < -0.39 is 0 Å². The van der Waals surface area contributed by atoms with Gasteiger partial charge in [-0.2, -0.15) is 0 Å². The summed E-state index contributed by atoms with van der Waals surface area (Å²) in [5.74, 6) is 0.875. The molecule has 0 fully saturated rings. The van der Waals surface area contributed by atoms with E-state index >= 15 is 0 Å². The molecule has 1 atom stereocenters. The molecular weight excluding hydrogens is 205 g/mol. The van der Waals surface area contributed by atoms with Gasteiger partial charge in [0.1, 0.15) is 11.6 Å². The standard InChI is InChI=1S/C13H14FNO/c14-11-5-3-10(4-6-11)12(7-8-15)13-2-1-9-16-13/h1-6,9,12H,7-8,15H2/p+1/t12-/m1/s1. The maximum absolute atomic E-state index is 12.8. The summed E-state index contributed by atoms with van der Waals surface area (Å²) in [5.41, 5.74) is 4.93. The summed E-state index contributed by atoms with van der Waals surface area (Å²) in [7, 11) is 0. The number of halogens is 1. The number of furan rings is 1. The molecule has 1 heterocycles. The van der Waals surface area contributed by atoms with Gasteiger partial charge in [0.25, 0.3) is 0 Å². The zero-order valence-electron chi connectivity index (χ0n) is 9.03. The molecule has 3 N–H and O–H groups in total. The molecule has 3 heteroatoms. The molecule has 16 heavy (non-hydrogen) atoms. The van der Waals surface area contributed by atoms with Crippen molar-refractivity contribution in [3.8, 4) is 0 Å². The number of benzene rings is 1. The summed E-state index contributed by atoms with van der Waals surface area (Å²) >= 11 is 0. The van der Waals surface area contributed by atoms with Crippen LogP contribution in [0.25, 0.3) is 0 Å². The lowest BCUT2D eigenvalue weighted by molar-refractivity contribution is -0.368. The third-order valence-corrected chi connectivity index (χ3v) is 2.65. The lowest BCUT2D eigenvalue weighted by Gasteiger charge is -2.12. The van der Waals surface area contributed by atoms with E-state index in [2.05, 4.69) is 5.73 Å². The first-order valence-electron chi connectivity index (χ1n) is 5.39. The van der Waals surface area contributed by atoms with Crippen LogP contribution in [-0.2, 0) is 0 Å². The Kier molecular flexibility index (Phi) is 3.37. The van der Waals surface area contributed by atoms with Crippen molar-refractivity contribution in [1.29, 1.82) is 0 Å². The predicted molar refractivity (Wildman–Crippen MR) is 59.3 cm³/mol. The Morgan fingerprint density at radius 3 is 2.50 bits per heavy atom. The van der Waals surface area contributed by atoms with Crippen LogP contribution in [-0.4, -0.2) is 6.54 Å². The first kappa shape index (κ1) is 10.9. The summed E-state index contributed by atoms with van der Waals surface area (Å²) in [6.07, 6.45) is 2.56. The van der Waals surface area contributed by atoms with Crippen molar-refractivity contribution >= 4 is 0 Å².